The molecule has 2 fully saturated rings. The van der Waals surface area contributed by atoms with E-state index < -0.39 is 0 Å². The Morgan fingerprint density at radius 1 is 1.26 bits per heavy atom. The van der Waals surface area contributed by atoms with Crippen LogP contribution in [0.3, 0.4) is 0 Å². The molecule has 0 bridgehead atoms. The van der Waals surface area contributed by atoms with Crippen molar-refractivity contribution in [1.29, 1.82) is 0 Å². The first-order valence-electron chi connectivity index (χ1n) is 7.63. The average Bonchev–Trinajstić information content (AvgIpc) is 2.26. The van der Waals surface area contributed by atoms with E-state index in [2.05, 4.69) is 30.8 Å². The molecule has 0 radical (unpaired) electrons. The van der Waals surface area contributed by atoms with Gasteiger partial charge < -0.3 is 5.32 Å². The zero-order chi connectivity index (χ0) is 13.9. The number of hydrogen-bond donors (Lipinski definition) is 2. The first kappa shape index (κ1) is 15.6. The molecule has 1 N–H and O–H groups in total. The number of carbonyl (C=O) groups is 1. The second-order valence-corrected chi connectivity index (χ2v) is 8.76. The normalized spacial score (nSPS) is 28.8. The maximum atomic E-state index is 12.0. The first-order chi connectivity index (χ1) is 9.00. The number of carbonyl (C=O) groups excluding carboxylic acids is 1. The standard InChI is InChI=1S/C15H27NOS2/c1-15(2,19-18)10-11-5-3-8-13(9-11)16-14(17)12-6-4-7-12/h11-13,18H,3-10H2,1-2H3,(H,16,17). The summed E-state index contributed by atoms with van der Waals surface area (Å²) in [4.78, 5) is 12.0. The first-order valence-corrected chi connectivity index (χ1v) is 9.50. The van der Waals surface area contributed by atoms with Crippen LogP contribution in [0.15, 0.2) is 0 Å². The van der Waals surface area contributed by atoms with Gasteiger partial charge in [-0.2, -0.15) is 0 Å². The van der Waals surface area contributed by atoms with Crippen LogP contribution in [0.5, 0.6) is 0 Å². The van der Waals surface area contributed by atoms with E-state index in [0.717, 1.165) is 25.2 Å². The summed E-state index contributed by atoms with van der Waals surface area (Å²) < 4.78 is 0.244. The van der Waals surface area contributed by atoms with Crippen LogP contribution < -0.4 is 5.32 Å². The van der Waals surface area contributed by atoms with Gasteiger partial charge in [-0.05, 0) is 51.9 Å². The monoisotopic (exact) mass is 301 g/mol. The molecule has 2 nitrogen and oxygen atoms in total. The van der Waals surface area contributed by atoms with Crippen LogP contribution in [0.4, 0.5) is 0 Å². The molecule has 0 aromatic heterocycles. The summed E-state index contributed by atoms with van der Waals surface area (Å²) in [6.07, 6.45) is 9.55. The molecule has 2 aliphatic carbocycles. The fourth-order valence-corrected chi connectivity index (χ4v) is 3.86. The maximum absolute atomic E-state index is 12.0. The minimum Gasteiger partial charge on any atom is -0.353 e. The maximum Gasteiger partial charge on any atom is 0.223 e. The molecule has 4 heteroatoms. The number of rotatable bonds is 5. The van der Waals surface area contributed by atoms with Crippen molar-refractivity contribution in [2.45, 2.75) is 76.0 Å². The highest BCUT2D eigenvalue weighted by atomic mass is 33.1. The van der Waals surface area contributed by atoms with Gasteiger partial charge in [-0.15, -0.1) is 11.7 Å². The van der Waals surface area contributed by atoms with Gasteiger partial charge in [0.15, 0.2) is 0 Å². The zero-order valence-corrected chi connectivity index (χ0v) is 13.9. The van der Waals surface area contributed by atoms with Crippen LogP contribution in [-0.2, 0) is 4.79 Å². The highest BCUT2D eigenvalue weighted by Gasteiger charge is 2.31. The van der Waals surface area contributed by atoms with Gasteiger partial charge in [0.05, 0.1) is 0 Å². The average molecular weight is 302 g/mol. The largest absolute Gasteiger partial charge is 0.353 e. The minimum atomic E-state index is 0.244. The highest BCUT2D eigenvalue weighted by molar-refractivity contribution is 8.69. The minimum absolute atomic E-state index is 0.244. The van der Waals surface area contributed by atoms with Crippen LogP contribution in [-0.4, -0.2) is 16.7 Å². The smallest absolute Gasteiger partial charge is 0.223 e. The van der Waals surface area contributed by atoms with Crippen molar-refractivity contribution in [3.05, 3.63) is 0 Å². The zero-order valence-electron chi connectivity index (χ0n) is 12.2. The Labute approximate surface area is 126 Å². The van der Waals surface area contributed by atoms with Crippen molar-refractivity contribution in [2.75, 3.05) is 0 Å². The summed E-state index contributed by atoms with van der Waals surface area (Å²) in [5.74, 6) is 1.39. The molecule has 2 atom stereocenters. The van der Waals surface area contributed by atoms with Gasteiger partial charge >= 0.3 is 0 Å². The molecule has 1 amide bonds. The SMILES string of the molecule is CC(C)(CC1CCCC(NC(=O)C2CCC2)C1)SS. The Morgan fingerprint density at radius 3 is 2.53 bits per heavy atom. The summed E-state index contributed by atoms with van der Waals surface area (Å²) >= 11 is 4.37. The van der Waals surface area contributed by atoms with Crippen molar-refractivity contribution >= 4 is 28.4 Å². The highest BCUT2D eigenvalue weighted by Crippen LogP contribution is 2.39. The lowest BCUT2D eigenvalue weighted by atomic mass is 9.80. The van der Waals surface area contributed by atoms with E-state index >= 15 is 0 Å². The van der Waals surface area contributed by atoms with Gasteiger partial charge in [0.25, 0.3) is 0 Å². The van der Waals surface area contributed by atoms with Crippen LogP contribution in [0.2, 0.25) is 0 Å². The summed E-state index contributed by atoms with van der Waals surface area (Å²) in [7, 11) is 1.66. The molecule has 19 heavy (non-hydrogen) atoms. The Kier molecular flexibility index (Phi) is 5.53. The Balaban J connectivity index is 1.78. The lowest BCUT2D eigenvalue weighted by molar-refractivity contribution is -0.128. The van der Waals surface area contributed by atoms with E-state index in [4.69, 9.17) is 0 Å². The van der Waals surface area contributed by atoms with Crippen LogP contribution >= 0.6 is 22.5 Å². The summed E-state index contributed by atoms with van der Waals surface area (Å²) in [6.45, 7) is 4.53. The lowest BCUT2D eigenvalue weighted by Crippen LogP contribution is -2.43. The number of nitrogens with one attached hydrogen (secondary N) is 1. The lowest BCUT2D eigenvalue weighted by Gasteiger charge is -2.35. The molecule has 0 aromatic carbocycles. The van der Waals surface area contributed by atoms with Gasteiger partial charge in [0.2, 0.25) is 5.91 Å². The summed E-state index contributed by atoms with van der Waals surface area (Å²) in [5, 5.41) is 3.29. The molecule has 2 aliphatic rings. The second kappa shape index (κ2) is 6.75. The predicted octanol–water partition coefficient (Wildman–Crippen LogP) is 4.21. The number of thiol groups is 1. The van der Waals surface area contributed by atoms with Crippen LogP contribution in [0.25, 0.3) is 0 Å². The van der Waals surface area contributed by atoms with Crippen molar-refractivity contribution in [2.24, 2.45) is 11.8 Å². The van der Waals surface area contributed by atoms with Gasteiger partial charge in [-0.25, -0.2) is 0 Å². The molecule has 0 aromatic rings. The van der Waals surface area contributed by atoms with Crippen molar-refractivity contribution < 1.29 is 4.79 Å². The number of amides is 1. The van der Waals surface area contributed by atoms with Gasteiger partial charge in [0.1, 0.15) is 0 Å². The van der Waals surface area contributed by atoms with E-state index in [1.807, 2.05) is 0 Å². The molecule has 110 valence electrons. The third-order valence-electron chi connectivity index (χ3n) is 4.63. The van der Waals surface area contributed by atoms with Crippen molar-refractivity contribution in [1.82, 2.24) is 5.32 Å². The molecular formula is C15H27NOS2. The third-order valence-corrected chi connectivity index (χ3v) is 6.78. The van der Waals surface area contributed by atoms with Gasteiger partial charge in [0, 0.05) is 16.7 Å². The Bertz CT molecular complexity index is 315. The van der Waals surface area contributed by atoms with E-state index in [1.54, 1.807) is 10.8 Å². The van der Waals surface area contributed by atoms with E-state index in [0.29, 0.717) is 17.9 Å². The quantitative estimate of drug-likeness (QED) is 0.588. The van der Waals surface area contributed by atoms with E-state index in [1.165, 1.54) is 32.1 Å². The summed E-state index contributed by atoms with van der Waals surface area (Å²) in [5.41, 5.74) is 0. The summed E-state index contributed by atoms with van der Waals surface area (Å²) in [6, 6.07) is 0.424. The number of hydrogen-bond acceptors (Lipinski definition) is 3. The fourth-order valence-electron chi connectivity index (χ4n) is 3.33. The van der Waals surface area contributed by atoms with Crippen LogP contribution in [0, 0.1) is 11.8 Å². The molecule has 2 rings (SSSR count). The van der Waals surface area contributed by atoms with Gasteiger partial charge in [-0.3, -0.25) is 4.79 Å². The second-order valence-electron chi connectivity index (χ2n) is 6.92. The molecule has 2 saturated carbocycles. The Morgan fingerprint density at radius 2 is 1.95 bits per heavy atom. The molecule has 0 heterocycles. The molecule has 0 aliphatic heterocycles. The Hall–Kier alpha value is 0.170. The molecular weight excluding hydrogens is 274 g/mol. The van der Waals surface area contributed by atoms with E-state index in [-0.39, 0.29) is 4.75 Å². The predicted molar refractivity (Wildman–Crippen MR) is 86.5 cm³/mol. The van der Waals surface area contributed by atoms with Crippen molar-refractivity contribution in [3.63, 3.8) is 0 Å². The molecule has 0 spiro atoms. The topological polar surface area (TPSA) is 29.1 Å². The third kappa shape index (κ3) is 4.59. The van der Waals surface area contributed by atoms with E-state index in [9.17, 15) is 4.79 Å². The van der Waals surface area contributed by atoms with Crippen molar-refractivity contribution in [3.8, 4) is 0 Å². The van der Waals surface area contributed by atoms with Gasteiger partial charge in [-0.1, -0.05) is 30.1 Å². The molecule has 2 unspecified atom stereocenters. The van der Waals surface area contributed by atoms with Crippen LogP contribution in [0.1, 0.15) is 65.2 Å². The molecule has 0 saturated heterocycles. The fraction of sp³-hybridized carbons (Fsp3) is 0.933.